The van der Waals surface area contributed by atoms with Crippen LogP contribution in [0.1, 0.15) is 17.5 Å². The minimum Gasteiger partial charge on any atom is -0.369 e. The first-order chi connectivity index (χ1) is 11.0. The Hall–Kier alpha value is -1.53. The summed E-state index contributed by atoms with van der Waals surface area (Å²) in [6, 6.07) is 6.42. The Morgan fingerprint density at radius 2 is 2.09 bits per heavy atom. The molecule has 0 radical (unpaired) electrons. The first-order valence-electron chi connectivity index (χ1n) is 8.08. The van der Waals surface area contributed by atoms with Crippen LogP contribution in [-0.4, -0.2) is 59.6 Å². The lowest BCUT2D eigenvalue weighted by atomic mass is 10.1. The molecule has 1 atom stereocenters. The van der Waals surface area contributed by atoms with Crippen LogP contribution in [0, 0.1) is 6.92 Å². The fraction of sp³-hybridized carbons (Fsp3) is 0.529. The quantitative estimate of drug-likeness (QED) is 0.897. The molecule has 0 unspecified atom stereocenters. The molecule has 23 heavy (non-hydrogen) atoms. The summed E-state index contributed by atoms with van der Waals surface area (Å²) < 4.78 is 0. The Balaban J connectivity index is 1.60. The summed E-state index contributed by atoms with van der Waals surface area (Å²) in [5.74, 6) is -0.0771. The van der Waals surface area contributed by atoms with E-state index in [-0.39, 0.29) is 23.6 Å². The molecular weight excluding hydrogens is 310 g/mol. The number of carbonyl (C=O) groups is 2. The molecule has 1 aromatic rings. The van der Waals surface area contributed by atoms with Gasteiger partial charge in [-0.25, -0.2) is 0 Å². The fourth-order valence-electron chi connectivity index (χ4n) is 3.25. The van der Waals surface area contributed by atoms with Crippen LogP contribution in [0.5, 0.6) is 0 Å². The summed E-state index contributed by atoms with van der Waals surface area (Å²) in [6.07, 6.45) is 1.71. The molecule has 124 valence electrons. The molecule has 2 aliphatic rings. The summed E-state index contributed by atoms with van der Waals surface area (Å²) in [7, 11) is 0. The first-order valence-corrected chi connectivity index (χ1v) is 8.96. The number of hydrogen-bond acceptors (Lipinski definition) is 4. The number of fused-ring (bicyclic) bond motifs is 1. The predicted octanol–water partition coefficient (Wildman–Crippen LogP) is 1.03. The number of carbonyl (C=O) groups excluding carboxylic acids is 2. The van der Waals surface area contributed by atoms with E-state index in [1.165, 1.54) is 16.0 Å². The average Bonchev–Trinajstić information content (AvgIpc) is 2.78. The van der Waals surface area contributed by atoms with Crippen LogP contribution < -0.4 is 5.73 Å². The molecule has 3 rings (SSSR count). The van der Waals surface area contributed by atoms with Gasteiger partial charge < -0.3 is 10.6 Å². The van der Waals surface area contributed by atoms with Gasteiger partial charge >= 0.3 is 0 Å². The largest absolute Gasteiger partial charge is 0.369 e. The highest BCUT2D eigenvalue weighted by Gasteiger charge is 2.32. The number of amides is 2. The van der Waals surface area contributed by atoms with Crippen molar-refractivity contribution in [1.82, 2.24) is 9.80 Å². The Morgan fingerprint density at radius 1 is 1.26 bits per heavy atom. The van der Waals surface area contributed by atoms with Gasteiger partial charge in [0.05, 0.1) is 11.8 Å². The number of hydrogen-bond donors (Lipinski definition) is 1. The molecule has 0 spiro atoms. The van der Waals surface area contributed by atoms with Gasteiger partial charge in [0, 0.05) is 31.1 Å². The molecule has 0 aromatic heterocycles. The SMILES string of the molecule is Cc1ccc2c(c1)S[C@@H](C(=O)N1CCCN(CC(N)=O)CC1)C2. The molecule has 1 saturated heterocycles. The third-order valence-electron chi connectivity index (χ3n) is 4.45. The van der Waals surface area contributed by atoms with E-state index in [0.717, 1.165) is 32.5 Å². The predicted molar refractivity (Wildman–Crippen MR) is 91.4 cm³/mol. The van der Waals surface area contributed by atoms with E-state index in [4.69, 9.17) is 5.73 Å². The lowest BCUT2D eigenvalue weighted by Crippen LogP contribution is -2.41. The number of benzene rings is 1. The monoisotopic (exact) mass is 333 g/mol. The lowest BCUT2D eigenvalue weighted by Gasteiger charge is -2.23. The van der Waals surface area contributed by atoms with Gasteiger partial charge in [-0.3, -0.25) is 14.5 Å². The maximum Gasteiger partial charge on any atom is 0.236 e. The van der Waals surface area contributed by atoms with E-state index < -0.39 is 0 Å². The maximum atomic E-state index is 12.8. The van der Waals surface area contributed by atoms with Gasteiger partial charge in [-0.05, 0) is 31.4 Å². The van der Waals surface area contributed by atoms with Gasteiger partial charge in [-0.15, -0.1) is 11.8 Å². The van der Waals surface area contributed by atoms with Crippen molar-refractivity contribution in [1.29, 1.82) is 0 Å². The van der Waals surface area contributed by atoms with E-state index in [0.29, 0.717) is 6.54 Å². The van der Waals surface area contributed by atoms with E-state index in [2.05, 4.69) is 25.1 Å². The summed E-state index contributed by atoms with van der Waals surface area (Å²) in [6.45, 7) is 5.35. The standard InChI is InChI=1S/C17H23N3O2S/c1-12-3-4-13-10-15(23-14(13)9-12)17(22)20-6-2-5-19(7-8-20)11-16(18)21/h3-4,9,15H,2,5-8,10-11H2,1H3,(H2,18,21)/t15-/m1/s1. The molecular formula is C17H23N3O2S. The summed E-state index contributed by atoms with van der Waals surface area (Å²) in [5, 5.41) is -0.00510. The van der Waals surface area contributed by atoms with E-state index in [1.807, 2.05) is 9.80 Å². The number of rotatable bonds is 3. The molecule has 2 heterocycles. The fourth-order valence-corrected chi connectivity index (χ4v) is 4.62. The van der Waals surface area contributed by atoms with E-state index in [9.17, 15) is 9.59 Å². The van der Waals surface area contributed by atoms with Gasteiger partial charge in [0.15, 0.2) is 0 Å². The van der Waals surface area contributed by atoms with Crippen LogP contribution in [0.4, 0.5) is 0 Å². The minimum atomic E-state index is -0.304. The molecule has 0 saturated carbocycles. The highest BCUT2D eigenvalue weighted by Crippen LogP contribution is 2.38. The Morgan fingerprint density at radius 3 is 2.87 bits per heavy atom. The van der Waals surface area contributed by atoms with Crippen LogP contribution in [0.25, 0.3) is 0 Å². The number of nitrogens with two attached hydrogens (primary N) is 1. The highest BCUT2D eigenvalue weighted by atomic mass is 32.2. The Kier molecular flexibility index (Phi) is 4.92. The minimum absolute atomic E-state index is 0.00510. The van der Waals surface area contributed by atoms with Crippen molar-refractivity contribution < 1.29 is 9.59 Å². The van der Waals surface area contributed by atoms with Crippen LogP contribution in [0.15, 0.2) is 23.1 Å². The molecule has 0 aliphatic carbocycles. The molecule has 5 nitrogen and oxygen atoms in total. The molecule has 0 bridgehead atoms. The number of aryl methyl sites for hydroxylation is 1. The van der Waals surface area contributed by atoms with Crippen LogP contribution in [-0.2, 0) is 16.0 Å². The van der Waals surface area contributed by atoms with Gasteiger partial charge in [0.25, 0.3) is 0 Å². The number of primary amides is 1. The van der Waals surface area contributed by atoms with Crippen LogP contribution in [0.3, 0.4) is 0 Å². The zero-order valence-corrected chi connectivity index (χ0v) is 14.3. The normalized spacial score (nSPS) is 21.8. The third kappa shape index (κ3) is 3.87. The lowest BCUT2D eigenvalue weighted by molar-refractivity contribution is -0.130. The second-order valence-corrected chi connectivity index (χ2v) is 7.59. The molecule has 2 aliphatic heterocycles. The zero-order chi connectivity index (χ0) is 16.4. The van der Waals surface area contributed by atoms with Crippen molar-refractivity contribution in [3.63, 3.8) is 0 Å². The number of nitrogens with zero attached hydrogens (tertiary/aromatic N) is 2. The first kappa shape index (κ1) is 16.3. The molecule has 1 aromatic carbocycles. The Bertz CT molecular complexity index is 620. The van der Waals surface area contributed by atoms with Gasteiger partial charge in [-0.2, -0.15) is 0 Å². The molecule has 6 heteroatoms. The second kappa shape index (κ2) is 6.93. The van der Waals surface area contributed by atoms with E-state index >= 15 is 0 Å². The summed E-state index contributed by atoms with van der Waals surface area (Å²) in [5.41, 5.74) is 7.78. The Labute approximate surface area is 141 Å². The van der Waals surface area contributed by atoms with Crippen molar-refractivity contribution in [2.24, 2.45) is 5.73 Å². The van der Waals surface area contributed by atoms with Gasteiger partial charge in [0.1, 0.15) is 0 Å². The number of thioether (sulfide) groups is 1. The summed E-state index contributed by atoms with van der Waals surface area (Å²) in [4.78, 5) is 29.1. The second-order valence-electron chi connectivity index (χ2n) is 6.34. The van der Waals surface area contributed by atoms with Crippen LogP contribution in [0.2, 0.25) is 0 Å². The van der Waals surface area contributed by atoms with Crippen molar-refractivity contribution >= 4 is 23.6 Å². The van der Waals surface area contributed by atoms with Crippen molar-refractivity contribution in [2.75, 3.05) is 32.7 Å². The maximum absolute atomic E-state index is 12.8. The molecule has 1 fully saturated rings. The van der Waals surface area contributed by atoms with Crippen molar-refractivity contribution in [3.05, 3.63) is 29.3 Å². The van der Waals surface area contributed by atoms with Crippen molar-refractivity contribution in [2.45, 2.75) is 29.9 Å². The van der Waals surface area contributed by atoms with E-state index in [1.54, 1.807) is 11.8 Å². The zero-order valence-electron chi connectivity index (χ0n) is 13.5. The smallest absolute Gasteiger partial charge is 0.236 e. The van der Waals surface area contributed by atoms with Gasteiger partial charge in [0.2, 0.25) is 11.8 Å². The highest BCUT2D eigenvalue weighted by molar-refractivity contribution is 8.01. The average molecular weight is 333 g/mol. The van der Waals surface area contributed by atoms with Crippen LogP contribution >= 0.6 is 11.8 Å². The topological polar surface area (TPSA) is 66.6 Å². The molecule has 2 N–H and O–H groups in total. The third-order valence-corrected chi connectivity index (χ3v) is 5.74. The van der Waals surface area contributed by atoms with Gasteiger partial charge in [-0.1, -0.05) is 17.7 Å². The molecule has 2 amide bonds. The van der Waals surface area contributed by atoms with Crippen molar-refractivity contribution in [3.8, 4) is 0 Å². The summed E-state index contributed by atoms with van der Waals surface area (Å²) >= 11 is 1.69.